The third kappa shape index (κ3) is 3.81. The van der Waals surface area contributed by atoms with Crippen molar-refractivity contribution in [3.05, 3.63) is 146 Å². The summed E-state index contributed by atoms with van der Waals surface area (Å²) < 4.78 is 5.92. The number of benzene rings is 4. The SMILES string of the molecule is O=C1c2ccccc2C(=O)c2c1ccc1c2[C@@H]2C=CC[C@@H]2[C@H](c2ccc(OCc3ccc([N+](=O)[O-])cc3)cc2)N1. The van der Waals surface area contributed by atoms with Gasteiger partial charge < -0.3 is 10.1 Å². The Labute approximate surface area is 230 Å². The summed E-state index contributed by atoms with van der Waals surface area (Å²) in [5.41, 5.74) is 5.76. The number of allylic oxidation sites excluding steroid dienone is 2. The average Bonchev–Trinajstić information content (AvgIpc) is 3.49. The Hall–Kier alpha value is -5.04. The van der Waals surface area contributed by atoms with Gasteiger partial charge in [0.05, 0.1) is 11.0 Å². The number of ether oxygens (including phenoxy) is 1. The maximum atomic E-state index is 13.7. The predicted octanol–water partition coefficient (Wildman–Crippen LogP) is 6.78. The molecule has 196 valence electrons. The lowest BCUT2D eigenvalue weighted by Crippen LogP contribution is -2.32. The monoisotopic (exact) mass is 528 g/mol. The molecular formula is C33H24N2O5. The molecule has 1 N–H and O–H groups in total. The van der Waals surface area contributed by atoms with Crippen LogP contribution in [0.4, 0.5) is 11.4 Å². The van der Waals surface area contributed by atoms with Gasteiger partial charge in [0.15, 0.2) is 11.6 Å². The Balaban J connectivity index is 1.15. The molecule has 0 amide bonds. The van der Waals surface area contributed by atoms with Crippen molar-refractivity contribution in [1.29, 1.82) is 0 Å². The van der Waals surface area contributed by atoms with Gasteiger partial charge in [-0.3, -0.25) is 19.7 Å². The Morgan fingerprint density at radius 2 is 1.57 bits per heavy atom. The molecule has 1 heterocycles. The zero-order valence-electron chi connectivity index (χ0n) is 21.4. The average molecular weight is 529 g/mol. The first-order valence-electron chi connectivity index (χ1n) is 13.2. The standard InChI is InChI=1S/C33H24N2O5/c36-32-25-4-1-2-5-26(25)33(37)30-27(32)16-17-28-29(30)23-6-3-7-24(23)31(34-28)20-10-14-22(15-11-20)40-18-19-8-12-21(13-9-19)35(38)39/h1-6,8-17,23-24,31,34H,7,18H2/t23-,24+,31+/m1/s1. The summed E-state index contributed by atoms with van der Waals surface area (Å²) in [7, 11) is 0. The molecule has 0 fully saturated rings. The summed E-state index contributed by atoms with van der Waals surface area (Å²) in [6.45, 7) is 0.308. The van der Waals surface area contributed by atoms with Gasteiger partial charge in [0, 0.05) is 46.0 Å². The second-order valence-corrected chi connectivity index (χ2v) is 10.4. The zero-order chi connectivity index (χ0) is 27.4. The highest BCUT2D eigenvalue weighted by Crippen LogP contribution is 2.52. The molecule has 0 bridgehead atoms. The first-order chi connectivity index (χ1) is 19.5. The van der Waals surface area contributed by atoms with Crippen molar-refractivity contribution in [2.75, 3.05) is 5.32 Å². The summed E-state index contributed by atoms with van der Waals surface area (Å²) in [6.07, 6.45) is 5.21. The molecule has 40 heavy (non-hydrogen) atoms. The minimum atomic E-state index is -0.420. The lowest BCUT2D eigenvalue weighted by atomic mass is 9.71. The first-order valence-corrected chi connectivity index (χ1v) is 13.2. The lowest BCUT2D eigenvalue weighted by Gasteiger charge is -2.39. The van der Waals surface area contributed by atoms with Gasteiger partial charge >= 0.3 is 0 Å². The Morgan fingerprint density at radius 1 is 0.850 bits per heavy atom. The molecule has 7 nitrogen and oxygen atoms in total. The van der Waals surface area contributed by atoms with Crippen LogP contribution in [0.1, 0.15) is 66.9 Å². The normalized spacial score (nSPS) is 20.1. The van der Waals surface area contributed by atoms with Crippen molar-refractivity contribution in [3.8, 4) is 5.75 Å². The number of nitro groups is 1. The summed E-state index contributed by atoms with van der Waals surface area (Å²) in [5.74, 6) is 0.743. The van der Waals surface area contributed by atoms with E-state index in [-0.39, 0.29) is 35.1 Å². The van der Waals surface area contributed by atoms with Crippen LogP contribution in [0.15, 0.2) is 97.1 Å². The molecule has 2 aliphatic carbocycles. The zero-order valence-corrected chi connectivity index (χ0v) is 21.4. The number of nitro benzene ring substituents is 1. The molecule has 0 spiro atoms. The van der Waals surface area contributed by atoms with E-state index in [1.165, 1.54) is 12.1 Å². The van der Waals surface area contributed by atoms with Crippen molar-refractivity contribution in [3.63, 3.8) is 0 Å². The molecule has 7 heteroatoms. The first kappa shape index (κ1) is 24.0. The number of carbonyl (C=O) groups excluding carboxylic acids is 2. The summed E-state index contributed by atoms with van der Waals surface area (Å²) in [5, 5.41) is 14.5. The largest absolute Gasteiger partial charge is 0.489 e. The molecule has 0 saturated heterocycles. The number of nitrogens with zero attached hydrogens (tertiary/aromatic N) is 1. The number of non-ortho nitro benzene ring substituents is 1. The number of hydrogen-bond donors (Lipinski definition) is 1. The molecule has 7 rings (SSSR count). The number of hydrogen-bond acceptors (Lipinski definition) is 6. The molecule has 4 aromatic carbocycles. The highest BCUT2D eigenvalue weighted by molar-refractivity contribution is 6.29. The fraction of sp³-hybridized carbons (Fsp3) is 0.152. The van der Waals surface area contributed by atoms with E-state index in [0.717, 1.165) is 28.8 Å². The van der Waals surface area contributed by atoms with E-state index in [0.29, 0.717) is 34.6 Å². The molecular weight excluding hydrogens is 504 g/mol. The van der Waals surface area contributed by atoms with Crippen LogP contribution in [0, 0.1) is 16.0 Å². The van der Waals surface area contributed by atoms with Crippen LogP contribution in [0.2, 0.25) is 0 Å². The van der Waals surface area contributed by atoms with Gasteiger partial charge in [0.1, 0.15) is 12.4 Å². The number of ketones is 2. The van der Waals surface area contributed by atoms with Crippen LogP contribution in [-0.4, -0.2) is 16.5 Å². The molecule has 4 aromatic rings. The number of fused-ring (bicyclic) bond motifs is 6. The molecule has 0 aromatic heterocycles. The van der Waals surface area contributed by atoms with Crippen LogP contribution in [0.3, 0.4) is 0 Å². The van der Waals surface area contributed by atoms with Gasteiger partial charge in [-0.15, -0.1) is 0 Å². The minimum Gasteiger partial charge on any atom is -0.489 e. The Kier molecular flexibility index (Phi) is 5.59. The molecule has 3 aliphatic rings. The number of anilines is 1. The fourth-order valence-corrected chi connectivity index (χ4v) is 6.27. The number of rotatable bonds is 5. The highest BCUT2D eigenvalue weighted by atomic mass is 16.6. The van der Waals surface area contributed by atoms with Crippen LogP contribution < -0.4 is 10.1 Å². The predicted molar refractivity (Wildman–Crippen MR) is 150 cm³/mol. The van der Waals surface area contributed by atoms with Crippen LogP contribution in [-0.2, 0) is 6.61 Å². The van der Waals surface area contributed by atoms with Gasteiger partial charge in [-0.05, 0) is 65.4 Å². The van der Waals surface area contributed by atoms with E-state index in [1.54, 1.807) is 42.5 Å². The van der Waals surface area contributed by atoms with Crippen LogP contribution in [0.25, 0.3) is 0 Å². The van der Waals surface area contributed by atoms with Gasteiger partial charge in [-0.1, -0.05) is 48.6 Å². The summed E-state index contributed by atoms with van der Waals surface area (Å²) >= 11 is 0. The van der Waals surface area contributed by atoms with Gasteiger partial charge in [0.25, 0.3) is 5.69 Å². The van der Waals surface area contributed by atoms with Gasteiger partial charge in [-0.2, -0.15) is 0 Å². The van der Waals surface area contributed by atoms with E-state index in [2.05, 4.69) is 17.5 Å². The maximum absolute atomic E-state index is 13.7. The van der Waals surface area contributed by atoms with Crippen molar-refractivity contribution in [1.82, 2.24) is 0 Å². The second-order valence-electron chi connectivity index (χ2n) is 10.4. The number of nitrogens with one attached hydrogen (secondary N) is 1. The summed E-state index contributed by atoms with van der Waals surface area (Å²) in [4.78, 5) is 37.4. The van der Waals surface area contributed by atoms with Gasteiger partial charge in [-0.25, -0.2) is 0 Å². The van der Waals surface area contributed by atoms with E-state index in [4.69, 9.17) is 4.74 Å². The van der Waals surface area contributed by atoms with Crippen LogP contribution >= 0.6 is 0 Å². The minimum absolute atomic E-state index is 0.0240. The van der Waals surface area contributed by atoms with Crippen molar-refractivity contribution in [2.24, 2.45) is 5.92 Å². The topological polar surface area (TPSA) is 98.5 Å². The van der Waals surface area contributed by atoms with Crippen molar-refractivity contribution in [2.45, 2.75) is 25.0 Å². The van der Waals surface area contributed by atoms with Crippen molar-refractivity contribution >= 4 is 22.9 Å². The van der Waals surface area contributed by atoms with E-state index in [9.17, 15) is 19.7 Å². The summed E-state index contributed by atoms with van der Waals surface area (Å²) in [6, 6.07) is 25.1. The third-order valence-corrected chi connectivity index (χ3v) is 8.21. The van der Waals surface area contributed by atoms with E-state index in [1.807, 2.05) is 30.3 Å². The third-order valence-electron chi connectivity index (χ3n) is 8.21. The number of carbonyl (C=O) groups is 2. The highest BCUT2D eigenvalue weighted by Gasteiger charge is 2.43. The van der Waals surface area contributed by atoms with E-state index < -0.39 is 4.92 Å². The van der Waals surface area contributed by atoms with Crippen molar-refractivity contribution < 1.29 is 19.2 Å². The molecule has 0 radical (unpaired) electrons. The van der Waals surface area contributed by atoms with Crippen LogP contribution in [0.5, 0.6) is 5.75 Å². The Bertz CT molecular complexity index is 1720. The lowest BCUT2D eigenvalue weighted by molar-refractivity contribution is -0.384. The van der Waals surface area contributed by atoms with Gasteiger partial charge in [0.2, 0.25) is 0 Å². The Morgan fingerprint density at radius 3 is 2.30 bits per heavy atom. The molecule has 1 aliphatic heterocycles. The van der Waals surface area contributed by atoms with E-state index >= 15 is 0 Å². The second kappa shape index (κ2) is 9.31. The smallest absolute Gasteiger partial charge is 0.269 e. The molecule has 0 saturated carbocycles. The molecule has 0 unspecified atom stereocenters. The molecule has 3 atom stereocenters. The maximum Gasteiger partial charge on any atom is 0.269 e. The fourth-order valence-electron chi connectivity index (χ4n) is 6.27. The quantitative estimate of drug-likeness (QED) is 0.153.